The summed E-state index contributed by atoms with van der Waals surface area (Å²) in [5.41, 5.74) is 4.17. The number of rotatable bonds is 8. The van der Waals surface area contributed by atoms with Gasteiger partial charge in [-0.3, -0.25) is 19.4 Å². The van der Waals surface area contributed by atoms with E-state index in [1.165, 1.54) is 7.11 Å². The topological polar surface area (TPSA) is 91.9 Å². The zero-order valence-electron chi connectivity index (χ0n) is 21.3. The number of piperazine rings is 1. The Labute approximate surface area is 212 Å². The number of hydrogen-bond acceptors (Lipinski definition) is 7. The van der Waals surface area contributed by atoms with Gasteiger partial charge >= 0.3 is 6.09 Å². The summed E-state index contributed by atoms with van der Waals surface area (Å²) in [5, 5.41) is 13.6. The van der Waals surface area contributed by atoms with Crippen molar-refractivity contribution in [1.29, 1.82) is 0 Å². The van der Waals surface area contributed by atoms with Crippen LogP contribution in [-0.4, -0.2) is 99.4 Å². The maximum atomic E-state index is 12.6. The second kappa shape index (κ2) is 11.0. The number of ether oxygens (including phenoxy) is 1. The van der Waals surface area contributed by atoms with Gasteiger partial charge in [0.15, 0.2) is 0 Å². The van der Waals surface area contributed by atoms with E-state index in [1.54, 1.807) is 11.1 Å². The van der Waals surface area contributed by atoms with Crippen LogP contribution in [0.2, 0.25) is 0 Å². The number of amides is 1. The summed E-state index contributed by atoms with van der Waals surface area (Å²) in [4.78, 5) is 24.3. The Hall–Kier alpha value is -2.95. The van der Waals surface area contributed by atoms with Gasteiger partial charge in [-0.2, -0.15) is 5.10 Å². The van der Waals surface area contributed by atoms with E-state index in [1.807, 2.05) is 16.9 Å². The number of carbonyl (C=O) groups excluding carboxylic acids is 1. The lowest BCUT2D eigenvalue weighted by molar-refractivity contribution is 0.110. The van der Waals surface area contributed by atoms with Gasteiger partial charge in [-0.1, -0.05) is 0 Å². The minimum atomic E-state index is -0.318. The van der Waals surface area contributed by atoms with E-state index >= 15 is 0 Å². The highest BCUT2D eigenvalue weighted by Crippen LogP contribution is 2.36. The lowest BCUT2D eigenvalue weighted by Crippen LogP contribution is -2.47. The number of fused-ring (bicyclic) bond motifs is 3. The van der Waals surface area contributed by atoms with Crippen LogP contribution in [0.5, 0.6) is 0 Å². The van der Waals surface area contributed by atoms with Crippen molar-refractivity contribution < 1.29 is 14.6 Å². The Bertz CT molecular complexity index is 1170. The van der Waals surface area contributed by atoms with Crippen LogP contribution in [0.1, 0.15) is 24.7 Å². The van der Waals surface area contributed by atoms with Crippen LogP contribution in [0.4, 0.5) is 10.5 Å². The van der Waals surface area contributed by atoms with Gasteiger partial charge in [0, 0.05) is 82.8 Å². The van der Waals surface area contributed by atoms with Crippen LogP contribution in [0.3, 0.4) is 0 Å². The predicted molar refractivity (Wildman–Crippen MR) is 138 cm³/mol. The second-order valence-corrected chi connectivity index (χ2v) is 9.76. The molecule has 1 atom stereocenters. The molecule has 2 aromatic heterocycles. The molecule has 10 nitrogen and oxygen atoms in total. The summed E-state index contributed by atoms with van der Waals surface area (Å²) in [6.45, 7) is 9.63. The van der Waals surface area contributed by atoms with Crippen LogP contribution in [0.25, 0.3) is 11.0 Å². The molecule has 2 aliphatic heterocycles. The first-order valence-corrected chi connectivity index (χ1v) is 13.0. The minimum absolute atomic E-state index is 0.0910. The van der Waals surface area contributed by atoms with Crippen LogP contribution in [0, 0.1) is 0 Å². The van der Waals surface area contributed by atoms with Crippen molar-refractivity contribution in [3.05, 3.63) is 42.0 Å². The van der Waals surface area contributed by atoms with E-state index in [0.717, 1.165) is 99.7 Å². The van der Waals surface area contributed by atoms with Crippen molar-refractivity contribution in [2.75, 3.05) is 57.9 Å². The third-order valence-electron chi connectivity index (χ3n) is 7.61. The summed E-state index contributed by atoms with van der Waals surface area (Å²) in [6.07, 6.45) is 6.03. The van der Waals surface area contributed by atoms with E-state index in [4.69, 9.17) is 9.72 Å². The SMILES string of the molecule is COC(=O)N1c2ccc3c(nc(CCn4cccn4)n3CCN3CCN(CCO)CC3)c2CC[C@@H]1C. The van der Waals surface area contributed by atoms with Gasteiger partial charge in [-0.05, 0) is 38.0 Å². The van der Waals surface area contributed by atoms with Gasteiger partial charge in [-0.15, -0.1) is 0 Å². The first kappa shape index (κ1) is 24.7. The molecular formula is C26H37N7O3. The summed E-state index contributed by atoms with van der Waals surface area (Å²) in [7, 11) is 1.44. The van der Waals surface area contributed by atoms with E-state index < -0.39 is 0 Å². The molecule has 0 spiro atoms. The summed E-state index contributed by atoms with van der Waals surface area (Å²) < 4.78 is 9.40. The number of nitrogens with zero attached hydrogens (tertiary/aromatic N) is 7. The number of aliphatic hydroxyl groups is 1. The van der Waals surface area contributed by atoms with Crippen molar-refractivity contribution in [2.45, 2.75) is 45.3 Å². The first-order chi connectivity index (χ1) is 17.6. The van der Waals surface area contributed by atoms with Gasteiger partial charge in [0.1, 0.15) is 5.82 Å². The molecule has 10 heteroatoms. The second-order valence-electron chi connectivity index (χ2n) is 9.76. The molecule has 3 aromatic rings. The quantitative estimate of drug-likeness (QED) is 0.511. The van der Waals surface area contributed by atoms with Gasteiger partial charge < -0.3 is 14.4 Å². The van der Waals surface area contributed by atoms with Gasteiger partial charge in [0.05, 0.1) is 30.4 Å². The van der Waals surface area contributed by atoms with E-state index in [9.17, 15) is 9.90 Å². The Morgan fingerprint density at radius 2 is 1.89 bits per heavy atom. The number of aromatic nitrogens is 4. The predicted octanol–water partition coefficient (Wildman–Crippen LogP) is 1.99. The maximum absolute atomic E-state index is 12.6. The number of carbonyl (C=O) groups is 1. The molecule has 1 saturated heterocycles. The number of imidazole rings is 1. The lowest BCUT2D eigenvalue weighted by atomic mass is 9.96. The van der Waals surface area contributed by atoms with E-state index in [0.29, 0.717) is 0 Å². The third-order valence-corrected chi connectivity index (χ3v) is 7.61. The molecule has 0 radical (unpaired) electrons. The van der Waals surface area contributed by atoms with Crippen LogP contribution >= 0.6 is 0 Å². The highest BCUT2D eigenvalue weighted by molar-refractivity contribution is 5.95. The number of aliphatic hydroxyl groups excluding tert-OH is 1. The molecular weight excluding hydrogens is 458 g/mol. The molecule has 1 aromatic carbocycles. The molecule has 4 heterocycles. The molecule has 0 saturated carbocycles. The Kier molecular flexibility index (Phi) is 7.54. The average molecular weight is 496 g/mol. The zero-order chi connectivity index (χ0) is 25.1. The highest BCUT2D eigenvalue weighted by atomic mass is 16.5. The average Bonchev–Trinajstić information content (AvgIpc) is 3.54. The van der Waals surface area contributed by atoms with Crippen molar-refractivity contribution in [2.24, 2.45) is 0 Å². The summed E-state index contributed by atoms with van der Waals surface area (Å²) in [5.74, 6) is 1.05. The lowest BCUT2D eigenvalue weighted by Gasteiger charge is -2.34. The number of hydrogen-bond donors (Lipinski definition) is 1. The van der Waals surface area contributed by atoms with Crippen molar-refractivity contribution in [3.8, 4) is 0 Å². The summed E-state index contributed by atoms with van der Waals surface area (Å²) in [6, 6.07) is 6.21. The number of anilines is 1. The molecule has 5 rings (SSSR count). The van der Waals surface area contributed by atoms with Crippen LogP contribution < -0.4 is 4.90 Å². The first-order valence-electron chi connectivity index (χ1n) is 13.0. The molecule has 0 bridgehead atoms. The standard InChI is InChI=1S/C26H37N7O3/c1-20-4-5-21-22(33(20)26(35)36-2)6-7-23-25(21)28-24(8-11-31-10-3-9-27-31)32(23)17-16-29-12-14-30(15-13-29)18-19-34/h3,6-7,9-10,20,34H,4-5,8,11-19H2,1-2H3/t20-/m0/s1. The number of β-amino-alcohol motifs (C(OH)–C–C–N with tert-alkyl or cyclic N) is 1. The number of aryl methyl sites for hydroxylation is 3. The fraction of sp³-hybridized carbons (Fsp3) is 0.577. The maximum Gasteiger partial charge on any atom is 0.414 e. The van der Waals surface area contributed by atoms with E-state index in [2.05, 4.69) is 38.5 Å². The van der Waals surface area contributed by atoms with Crippen molar-refractivity contribution in [3.63, 3.8) is 0 Å². The van der Waals surface area contributed by atoms with Gasteiger partial charge in [0.25, 0.3) is 0 Å². The molecule has 194 valence electrons. The Morgan fingerprint density at radius 1 is 1.11 bits per heavy atom. The molecule has 0 aliphatic carbocycles. The van der Waals surface area contributed by atoms with Gasteiger partial charge in [0.2, 0.25) is 0 Å². The highest BCUT2D eigenvalue weighted by Gasteiger charge is 2.31. The van der Waals surface area contributed by atoms with Crippen molar-refractivity contribution in [1.82, 2.24) is 29.1 Å². The fourth-order valence-electron chi connectivity index (χ4n) is 5.56. The number of benzene rings is 1. The third kappa shape index (κ3) is 4.98. The van der Waals surface area contributed by atoms with Gasteiger partial charge in [-0.25, -0.2) is 9.78 Å². The molecule has 1 fully saturated rings. The van der Waals surface area contributed by atoms with Crippen LogP contribution in [0.15, 0.2) is 30.6 Å². The Morgan fingerprint density at radius 3 is 2.58 bits per heavy atom. The molecule has 0 unspecified atom stereocenters. The fourth-order valence-corrected chi connectivity index (χ4v) is 5.56. The molecule has 1 amide bonds. The molecule has 2 aliphatic rings. The molecule has 36 heavy (non-hydrogen) atoms. The minimum Gasteiger partial charge on any atom is -0.452 e. The zero-order valence-corrected chi connectivity index (χ0v) is 21.3. The Balaban J connectivity index is 1.43. The largest absolute Gasteiger partial charge is 0.452 e. The number of methoxy groups -OCH3 is 1. The van der Waals surface area contributed by atoms with E-state index in [-0.39, 0.29) is 18.7 Å². The smallest absolute Gasteiger partial charge is 0.414 e. The van der Waals surface area contributed by atoms with Crippen LogP contribution in [-0.2, 0) is 30.7 Å². The normalized spacial score (nSPS) is 19.1. The van der Waals surface area contributed by atoms with Crippen molar-refractivity contribution >= 4 is 22.8 Å². The monoisotopic (exact) mass is 495 g/mol. The molecule has 1 N–H and O–H groups in total. The summed E-state index contributed by atoms with van der Waals surface area (Å²) >= 11 is 0.